The van der Waals surface area contributed by atoms with Gasteiger partial charge in [0.2, 0.25) is 8.32 Å². The summed E-state index contributed by atoms with van der Waals surface area (Å²) in [6, 6.07) is 19.3. The van der Waals surface area contributed by atoms with Gasteiger partial charge in [0.05, 0.1) is 32.3 Å². The zero-order valence-corrected chi connectivity index (χ0v) is 30.3. The van der Waals surface area contributed by atoms with Crippen LogP contribution in [-0.4, -0.2) is 57.6 Å². The molecule has 0 radical (unpaired) electrons. The second-order valence-corrected chi connectivity index (χ2v) is 19.1. The minimum absolute atomic E-state index is 0.119. The Morgan fingerprint density at radius 3 is 1.80 bits per heavy atom. The van der Waals surface area contributed by atoms with E-state index in [1.54, 1.807) is 6.92 Å². The average Bonchev–Trinajstić information content (AvgIpc) is 3.51. The molecule has 1 fully saturated rings. The van der Waals surface area contributed by atoms with Crippen molar-refractivity contribution in [2.75, 3.05) is 13.2 Å². The van der Waals surface area contributed by atoms with Crippen molar-refractivity contribution in [2.45, 2.75) is 129 Å². The number of ether oxygens (including phenoxy) is 5. The summed E-state index contributed by atoms with van der Waals surface area (Å²) in [7, 11) is -2.40. The van der Waals surface area contributed by atoms with Gasteiger partial charge in [0.15, 0.2) is 6.29 Å². The monoisotopic (exact) mass is 656 g/mol. The van der Waals surface area contributed by atoms with E-state index in [0.29, 0.717) is 36.3 Å². The van der Waals surface area contributed by atoms with Gasteiger partial charge in [-0.2, -0.15) is 0 Å². The molecule has 1 aliphatic heterocycles. The summed E-state index contributed by atoms with van der Waals surface area (Å²) in [5, 5.41) is 0. The van der Waals surface area contributed by atoms with Crippen LogP contribution in [0, 0.1) is 5.92 Å². The molecule has 256 valence electrons. The summed E-state index contributed by atoms with van der Waals surface area (Å²) in [6.45, 7) is 20.2. The third-order valence-corrected chi connectivity index (χ3v) is 15.4. The molecule has 0 aliphatic carbocycles. The third-order valence-electron chi connectivity index (χ3n) is 9.23. The first-order chi connectivity index (χ1) is 21.8. The quantitative estimate of drug-likeness (QED) is 0.118. The first-order valence-electron chi connectivity index (χ1n) is 16.7. The number of carbonyl (C=O) groups excluding carboxylic acids is 2. The molecule has 1 heterocycles. The zero-order valence-electron chi connectivity index (χ0n) is 29.3. The van der Waals surface area contributed by atoms with E-state index in [-0.39, 0.29) is 31.7 Å². The van der Waals surface area contributed by atoms with E-state index in [4.69, 9.17) is 28.1 Å². The normalized spacial score (nSPS) is 17.6. The van der Waals surface area contributed by atoms with Crippen molar-refractivity contribution in [1.29, 1.82) is 0 Å². The SMILES string of the molecule is CC(=O)O[C@](C)(CC(=O)OCc1ccccc1)[C@H](OCc1ccccc1)[C@@H](C)[C@H](CC1OCCO1)O[Si](C(C)C)(C(C)C)C(C)C. The summed E-state index contributed by atoms with van der Waals surface area (Å²) in [5.41, 5.74) is 1.49. The van der Waals surface area contributed by atoms with Crippen molar-refractivity contribution in [1.82, 2.24) is 0 Å². The van der Waals surface area contributed by atoms with Crippen LogP contribution in [-0.2, 0) is 50.9 Å². The Morgan fingerprint density at radius 1 is 0.826 bits per heavy atom. The van der Waals surface area contributed by atoms with Gasteiger partial charge in [0, 0.05) is 19.3 Å². The van der Waals surface area contributed by atoms with Gasteiger partial charge in [0.1, 0.15) is 18.3 Å². The maximum Gasteiger partial charge on any atom is 0.310 e. The predicted octanol–water partition coefficient (Wildman–Crippen LogP) is 7.99. The van der Waals surface area contributed by atoms with Crippen LogP contribution < -0.4 is 0 Å². The van der Waals surface area contributed by atoms with Crippen LogP contribution >= 0.6 is 0 Å². The Kier molecular flexibility index (Phi) is 14.5. The van der Waals surface area contributed by atoms with Crippen molar-refractivity contribution in [2.24, 2.45) is 5.92 Å². The molecule has 0 aromatic heterocycles. The fourth-order valence-electron chi connectivity index (χ4n) is 7.21. The summed E-state index contributed by atoms with van der Waals surface area (Å²) in [4.78, 5) is 26.1. The van der Waals surface area contributed by atoms with Crippen LogP contribution in [0.2, 0.25) is 16.6 Å². The predicted molar refractivity (Wildman–Crippen MR) is 181 cm³/mol. The van der Waals surface area contributed by atoms with Crippen LogP contribution in [0.15, 0.2) is 60.7 Å². The first kappa shape index (κ1) is 37.9. The zero-order chi connectivity index (χ0) is 33.9. The number of esters is 2. The maximum absolute atomic E-state index is 13.4. The molecular formula is C37H56O8Si. The van der Waals surface area contributed by atoms with E-state index < -0.39 is 38.3 Å². The molecule has 2 aromatic carbocycles. The highest BCUT2D eigenvalue weighted by atomic mass is 28.4. The van der Waals surface area contributed by atoms with Gasteiger partial charge >= 0.3 is 11.9 Å². The lowest BCUT2D eigenvalue weighted by Crippen LogP contribution is -2.57. The van der Waals surface area contributed by atoms with Gasteiger partial charge in [-0.25, -0.2) is 0 Å². The second kappa shape index (κ2) is 17.5. The topological polar surface area (TPSA) is 89.5 Å². The van der Waals surface area contributed by atoms with E-state index in [2.05, 4.69) is 48.5 Å². The van der Waals surface area contributed by atoms with Crippen molar-refractivity contribution >= 4 is 20.3 Å². The molecule has 1 aliphatic rings. The molecule has 0 N–H and O–H groups in total. The standard InChI is InChI=1S/C37H56O8Si/c1-26(2)46(27(3)4,28(5)6)45-33(22-35-40-20-21-41-35)29(7)36(43-25-32-18-14-11-15-19-32)37(9,44-30(8)38)23-34(39)42-24-31-16-12-10-13-17-31/h10-19,26-29,33,35-36H,20-25H2,1-9H3/t29-,33-,36+,37+/m0/s1. The van der Waals surface area contributed by atoms with E-state index in [0.717, 1.165) is 11.1 Å². The smallest absolute Gasteiger partial charge is 0.310 e. The summed E-state index contributed by atoms with van der Waals surface area (Å²) >= 11 is 0. The van der Waals surface area contributed by atoms with E-state index in [9.17, 15) is 9.59 Å². The summed E-state index contributed by atoms with van der Waals surface area (Å²) < 4.78 is 37.8. The number of rotatable bonds is 18. The van der Waals surface area contributed by atoms with Crippen molar-refractivity contribution in [3.8, 4) is 0 Å². The molecule has 0 spiro atoms. The fourth-order valence-corrected chi connectivity index (χ4v) is 12.9. The molecule has 4 atom stereocenters. The summed E-state index contributed by atoms with van der Waals surface area (Å²) in [6.07, 6.45) is -1.21. The highest BCUT2D eigenvalue weighted by molar-refractivity contribution is 6.77. The minimum atomic E-state index is -2.40. The van der Waals surface area contributed by atoms with Crippen LogP contribution in [0.1, 0.15) is 86.3 Å². The van der Waals surface area contributed by atoms with E-state index in [1.165, 1.54) is 6.92 Å². The second-order valence-electron chi connectivity index (χ2n) is 13.7. The molecule has 2 aromatic rings. The molecule has 8 nitrogen and oxygen atoms in total. The van der Waals surface area contributed by atoms with Gasteiger partial charge in [-0.1, -0.05) is 109 Å². The molecular weight excluding hydrogens is 600 g/mol. The Hall–Kier alpha value is -2.56. The lowest BCUT2D eigenvalue weighted by molar-refractivity contribution is -0.196. The lowest BCUT2D eigenvalue weighted by atomic mass is 9.82. The molecule has 0 unspecified atom stereocenters. The Morgan fingerprint density at radius 2 is 1.33 bits per heavy atom. The van der Waals surface area contributed by atoms with Gasteiger partial charge < -0.3 is 28.1 Å². The first-order valence-corrected chi connectivity index (χ1v) is 18.9. The van der Waals surface area contributed by atoms with Crippen LogP contribution in [0.3, 0.4) is 0 Å². The molecule has 46 heavy (non-hydrogen) atoms. The maximum atomic E-state index is 13.4. The highest BCUT2D eigenvalue weighted by Crippen LogP contribution is 2.45. The van der Waals surface area contributed by atoms with Crippen molar-refractivity contribution in [3.05, 3.63) is 71.8 Å². The highest BCUT2D eigenvalue weighted by Gasteiger charge is 2.51. The third kappa shape index (κ3) is 10.2. The number of benzene rings is 2. The summed E-state index contributed by atoms with van der Waals surface area (Å²) in [5.74, 6) is -1.32. The minimum Gasteiger partial charge on any atom is -0.461 e. The van der Waals surface area contributed by atoms with Gasteiger partial charge in [0.25, 0.3) is 0 Å². The van der Waals surface area contributed by atoms with E-state index >= 15 is 0 Å². The van der Waals surface area contributed by atoms with Crippen LogP contribution in [0.4, 0.5) is 0 Å². The number of carbonyl (C=O) groups is 2. The number of hydrogen-bond donors (Lipinski definition) is 0. The Labute approximate surface area is 277 Å². The Bertz CT molecular complexity index is 1180. The Balaban J connectivity index is 2.03. The molecule has 9 heteroatoms. The van der Waals surface area contributed by atoms with E-state index in [1.807, 2.05) is 60.7 Å². The van der Waals surface area contributed by atoms with Crippen molar-refractivity contribution < 1.29 is 37.7 Å². The van der Waals surface area contributed by atoms with Gasteiger partial charge in [-0.05, 0) is 34.7 Å². The molecule has 1 saturated heterocycles. The van der Waals surface area contributed by atoms with Crippen molar-refractivity contribution in [3.63, 3.8) is 0 Å². The number of hydrogen-bond acceptors (Lipinski definition) is 8. The molecule has 3 rings (SSSR count). The molecule has 0 bridgehead atoms. The van der Waals surface area contributed by atoms with Gasteiger partial charge in [-0.3, -0.25) is 9.59 Å². The van der Waals surface area contributed by atoms with Gasteiger partial charge in [-0.15, -0.1) is 0 Å². The van der Waals surface area contributed by atoms with Crippen LogP contribution in [0.5, 0.6) is 0 Å². The van der Waals surface area contributed by atoms with Crippen LogP contribution in [0.25, 0.3) is 0 Å². The fraction of sp³-hybridized carbons (Fsp3) is 0.622. The largest absolute Gasteiger partial charge is 0.461 e. The average molecular weight is 657 g/mol. The molecule has 0 amide bonds. The molecule has 0 saturated carbocycles. The lowest BCUT2D eigenvalue weighted by Gasteiger charge is -2.48.